The van der Waals surface area contributed by atoms with E-state index >= 15 is 0 Å². The number of benzene rings is 4. The topological polar surface area (TPSA) is 87.3 Å². The first-order valence-electron chi connectivity index (χ1n) is 14.1. The first kappa shape index (κ1) is 27.3. The van der Waals surface area contributed by atoms with E-state index in [9.17, 15) is 13.2 Å². The highest BCUT2D eigenvalue weighted by Crippen LogP contribution is 2.63. The van der Waals surface area contributed by atoms with Crippen molar-refractivity contribution in [3.63, 3.8) is 0 Å². The summed E-state index contributed by atoms with van der Waals surface area (Å²) in [7, 11) is -3.91. The van der Waals surface area contributed by atoms with Crippen molar-refractivity contribution in [3.8, 4) is 0 Å². The Labute approximate surface area is 255 Å². The standard InChI is InChI=1S/C33H29Cl2N3O3S/c34-26-7-4-8-28(31(26)35)38-42(40,41)24-14-12-23(13-15-24)36-33(39)22-11-16-27-25(18-22)29-20-9-10-21(17-20)30(29)32(37-27)19-5-2-1-3-6-19/h1-8,11-16,18,20-21,29-30,32,37-38H,9-10,17H2,(H,36,39)/t20-,21-,29-,30+,32+/m0/s1. The molecule has 6 nitrogen and oxygen atoms in total. The fourth-order valence-corrected chi connectivity index (χ4v) is 8.80. The zero-order chi connectivity index (χ0) is 29.0. The minimum absolute atomic E-state index is 0.0340. The molecular formula is C33H29Cl2N3O3S. The molecule has 0 saturated heterocycles. The maximum atomic E-state index is 13.3. The van der Waals surface area contributed by atoms with Gasteiger partial charge in [0.25, 0.3) is 15.9 Å². The molecule has 1 heterocycles. The number of fused-ring (bicyclic) bond motifs is 7. The Hall–Kier alpha value is -3.52. The summed E-state index contributed by atoms with van der Waals surface area (Å²) in [6.45, 7) is 0. The van der Waals surface area contributed by atoms with E-state index < -0.39 is 10.0 Å². The monoisotopic (exact) mass is 617 g/mol. The van der Waals surface area contributed by atoms with Gasteiger partial charge in [-0.25, -0.2) is 8.42 Å². The number of hydrogen-bond acceptors (Lipinski definition) is 4. The number of nitrogens with one attached hydrogen (secondary N) is 3. The van der Waals surface area contributed by atoms with Gasteiger partial charge >= 0.3 is 0 Å². The maximum absolute atomic E-state index is 13.3. The molecule has 7 rings (SSSR count). The molecule has 0 aromatic heterocycles. The third-order valence-electron chi connectivity index (χ3n) is 9.13. The van der Waals surface area contributed by atoms with Gasteiger partial charge < -0.3 is 10.6 Å². The van der Waals surface area contributed by atoms with Crippen LogP contribution < -0.4 is 15.4 Å². The van der Waals surface area contributed by atoms with Crippen LogP contribution >= 0.6 is 23.2 Å². The summed E-state index contributed by atoms with van der Waals surface area (Å²) in [6, 6.07) is 27.7. The second kappa shape index (κ2) is 10.6. The van der Waals surface area contributed by atoms with Gasteiger partial charge in [0.05, 0.1) is 26.7 Å². The van der Waals surface area contributed by atoms with Crippen molar-refractivity contribution in [1.29, 1.82) is 0 Å². The molecule has 2 fully saturated rings. The van der Waals surface area contributed by atoms with Gasteiger partial charge in [0.15, 0.2) is 0 Å². The molecule has 9 heteroatoms. The van der Waals surface area contributed by atoms with E-state index in [1.54, 1.807) is 24.3 Å². The van der Waals surface area contributed by atoms with Crippen molar-refractivity contribution >= 4 is 56.2 Å². The van der Waals surface area contributed by atoms with Crippen LogP contribution in [0.2, 0.25) is 10.0 Å². The normalized spacial score (nSPS) is 23.9. The van der Waals surface area contributed by atoms with Crippen LogP contribution in [0.25, 0.3) is 0 Å². The first-order chi connectivity index (χ1) is 20.3. The van der Waals surface area contributed by atoms with E-state index in [0.717, 1.165) is 5.69 Å². The van der Waals surface area contributed by atoms with Crippen LogP contribution in [0.15, 0.2) is 95.9 Å². The molecule has 2 aliphatic carbocycles. The molecule has 4 aromatic carbocycles. The third kappa shape index (κ3) is 4.83. The number of sulfonamides is 1. The van der Waals surface area contributed by atoms with Crippen LogP contribution in [0.5, 0.6) is 0 Å². The average Bonchev–Trinajstić information content (AvgIpc) is 3.63. The molecule has 0 radical (unpaired) electrons. The van der Waals surface area contributed by atoms with Gasteiger partial charge in [0.2, 0.25) is 0 Å². The molecule has 2 saturated carbocycles. The number of halogens is 2. The van der Waals surface area contributed by atoms with Crippen LogP contribution in [0.4, 0.5) is 17.1 Å². The minimum Gasteiger partial charge on any atom is -0.378 e. The number of carbonyl (C=O) groups excluding carboxylic acids is 1. The quantitative estimate of drug-likeness (QED) is 0.203. The van der Waals surface area contributed by atoms with Gasteiger partial charge in [-0.2, -0.15) is 0 Å². The van der Waals surface area contributed by atoms with Crippen molar-refractivity contribution in [2.24, 2.45) is 17.8 Å². The zero-order valence-electron chi connectivity index (χ0n) is 22.6. The lowest BCUT2D eigenvalue weighted by molar-refractivity contribution is 0.102. The average molecular weight is 619 g/mol. The summed E-state index contributed by atoms with van der Waals surface area (Å²) in [6.07, 6.45) is 3.78. The predicted octanol–water partition coefficient (Wildman–Crippen LogP) is 8.34. The lowest BCUT2D eigenvalue weighted by Crippen LogP contribution is -2.35. The highest BCUT2D eigenvalue weighted by atomic mass is 35.5. The molecule has 2 bridgehead atoms. The van der Waals surface area contributed by atoms with Crippen LogP contribution in [0, 0.1) is 17.8 Å². The summed E-state index contributed by atoms with van der Waals surface area (Å²) in [5, 5.41) is 7.12. The van der Waals surface area contributed by atoms with Crippen LogP contribution in [0.1, 0.15) is 52.7 Å². The Balaban J connectivity index is 1.10. The number of anilines is 3. The minimum atomic E-state index is -3.91. The van der Waals surface area contributed by atoms with Crippen LogP contribution in [-0.2, 0) is 10.0 Å². The third-order valence-corrected chi connectivity index (χ3v) is 11.3. The summed E-state index contributed by atoms with van der Waals surface area (Å²) < 4.78 is 28.3. The lowest BCUT2D eigenvalue weighted by Gasteiger charge is -2.43. The van der Waals surface area contributed by atoms with Gasteiger partial charge in [-0.1, -0.05) is 59.6 Å². The van der Waals surface area contributed by atoms with E-state index in [0.29, 0.717) is 34.9 Å². The molecule has 0 unspecified atom stereocenters. The van der Waals surface area contributed by atoms with Gasteiger partial charge in [0, 0.05) is 16.9 Å². The Kier molecular flexibility index (Phi) is 6.92. The largest absolute Gasteiger partial charge is 0.378 e. The molecule has 4 aromatic rings. The van der Waals surface area contributed by atoms with E-state index in [4.69, 9.17) is 23.2 Å². The lowest BCUT2D eigenvalue weighted by atomic mass is 9.68. The molecule has 42 heavy (non-hydrogen) atoms. The molecule has 3 aliphatic rings. The number of hydrogen-bond donors (Lipinski definition) is 3. The number of rotatable bonds is 6. The fourth-order valence-electron chi connectivity index (χ4n) is 7.32. The van der Waals surface area contributed by atoms with Crippen molar-refractivity contribution in [1.82, 2.24) is 0 Å². The second-order valence-electron chi connectivity index (χ2n) is 11.5. The molecular weight excluding hydrogens is 589 g/mol. The van der Waals surface area contributed by atoms with Crippen molar-refractivity contribution in [2.75, 3.05) is 15.4 Å². The van der Waals surface area contributed by atoms with Gasteiger partial charge in [-0.05, 0) is 109 Å². The van der Waals surface area contributed by atoms with E-state index in [2.05, 4.69) is 51.8 Å². The van der Waals surface area contributed by atoms with Gasteiger partial charge in [-0.15, -0.1) is 0 Å². The van der Waals surface area contributed by atoms with Gasteiger partial charge in [0.1, 0.15) is 0 Å². The Bertz CT molecular complexity index is 1780. The summed E-state index contributed by atoms with van der Waals surface area (Å²) in [4.78, 5) is 13.4. The van der Waals surface area contributed by atoms with E-state index in [-0.39, 0.29) is 32.6 Å². The number of carbonyl (C=O) groups is 1. The Morgan fingerprint density at radius 2 is 1.62 bits per heavy atom. The Morgan fingerprint density at radius 3 is 2.40 bits per heavy atom. The Morgan fingerprint density at radius 1 is 0.857 bits per heavy atom. The van der Waals surface area contributed by atoms with Crippen LogP contribution in [0.3, 0.4) is 0 Å². The number of amides is 1. The molecule has 5 atom stereocenters. The van der Waals surface area contributed by atoms with Crippen molar-refractivity contribution in [3.05, 3.63) is 118 Å². The maximum Gasteiger partial charge on any atom is 0.261 e. The van der Waals surface area contributed by atoms with Gasteiger partial charge in [-0.3, -0.25) is 9.52 Å². The molecule has 214 valence electrons. The fraction of sp³-hybridized carbons (Fsp3) is 0.242. The van der Waals surface area contributed by atoms with E-state index in [1.807, 2.05) is 12.1 Å². The van der Waals surface area contributed by atoms with Crippen molar-refractivity contribution in [2.45, 2.75) is 36.1 Å². The van der Waals surface area contributed by atoms with Crippen LogP contribution in [-0.4, -0.2) is 14.3 Å². The molecule has 0 spiro atoms. The van der Waals surface area contributed by atoms with Crippen molar-refractivity contribution < 1.29 is 13.2 Å². The highest BCUT2D eigenvalue weighted by molar-refractivity contribution is 7.92. The van der Waals surface area contributed by atoms with E-state index in [1.165, 1.54) is 48.6 Å². The second-order valence-corrected chi connectivity index (χ2v) is 13.9. The molecule has 1 aliphatic heterocycles. The SMILES string of the molecule is O=C(Nc1ccc(S(=O)(=O)Nc2cccc(Cl)c2Cl)cc1)c1ccc2c(c1)[C@@H]1[C@H]3CC[C@@H](C3)[C@H]1[C@@H](c1ccccc1)N2. The summed E-state index contributed by atoms with van der Waals surface area (Å²) in [5.41, 5.74) is 4.94. The molecule has 3 N–H and O–H groups in total. The zero-order valence-corrected chi connectivity index (χ0v) is 24.9. The predicted molar refractivity (Wildman–Crippen MR) is 168 cm³/mol. The summed E-state index contributed by atoms with van der Waals surface area (Å²) in [5.74, 6) is 2.06. The summed E-state index contributed by atoms with van der Waals surface area (Å²) >= 11 is 12.2. The first-order valence-corrected chi connectivity index (χ1v) is 16.4. The highest BCUT2D eigenvalue weighted by Gasteiger charge is 2.53. The molecule has 1 amide bonds. The smallest absolute Gasteiger partial charge is 0.261 e.